The molecule has 5 nitrogen and oxygen atoms in total. The monoisotopic (exact) mass is 256 g/mol. The van der Waals surface area contributed by atoms with Crippen molar-refractivity contribution in [2.24, 2.45) is 0 Å². The van der Waals surface area contributed by atoms with E-state index in [1.54, 1.807) is 13.1 Å². The molecule has 0 aliphatic carbocycles. The van der Waals surface area contributed by atoms with Crippen LogP contribution in [0.5, 0.6) is 0 Å². The Morgan fingerprint density at radius 3 is 2.76 bits per heavy atom. The number of aryl methyl sites for hydroxylation is 1. The van der Waals surface area contributed by atoms with Gasteiger partial charge in [-0.2, -0.15) is 0 Å². The van der Waals surface area contributed by atoms with Crippen molar-refractivity contribution < 1.29 is 14.3 Å². The van der Waals surface area contributed by atoms with Gasteiger partial charge in [0.1, 0.15) is 4.88 Å². The smallest absolute Gasteiger partial charge is 0.348 e. The van der Waals surface area contributed by atoms with Gasteiger partial charge in [0.05, 0.1) is 6.61 Å². The first-order chi connectivity index (χ1) is 8.04. The number of rotatable bonds is 5. The summed E-state index contributed by atoms with van der Waals surface area (Å²) in [4.78, 5) is 23.9. The van der Waals surface area contributed by atoms with Crippen LogP contribution in [0.15, 0.2) is 6.07 Å². The van der Waals surface area contributed by atoms with Gasteiger partial charge in [0, 0.05) is 24.0 Å². The van der Waals surface area contributed by atoms with E-state index < -0.39 is 0 Å². The maximum absolute atomic E-state index is 11.6. The highest BCUT2D eigenvalue weighted by Crippen LogP contribution is 2.23. The second-order valence-electron chi connectivity index (χ2n) is 3.53. The van der Waals surface area contributed by atoms with E-state index in [9.17, 15) is 9.59 Å². The standard InChI is InChI=1S/C11H16N2O3S/c1-7-8(12)6-9(17-7)11(15)16-5-3-4-10(14)13-2/h6H,3-5,12H2,1-2H3,(H,13,14). The molecule has 0 saturated carbocycles. The van der Waals surface area contributed by atoms with Gasteiger partial charge < -0.3 is 15.8 Å². The molecule has 0 aliphatic heterocycles. The highest BCUT2D eigenvalue weighted by atomic mass is 32.1. The zero-order chi connectivity index (χ0) is 12.8. The maximum Gasteiger partial charge on any atom is 0.348 e. The van der Waals surface area contributed by atoms with Gasteiger partial charge in [-0.25, -0.2) is 4.79 Å². The second-order valence-corrected chi connectivity index (χ2v) is 4.79. The molecule has 0 spiro atoms. The largest absolute Gasteiger partial charge is 0.461 e. The number of anilines is 1. The van der Waals surface area contributed by atoms with Gasteiger partial charge >= 0.3 is 5.97 Å². The summed E-state index contributed by atoms with van der Waals surface area (Å²) in [5.74, 6) is -0.441. The highest BCUT2D eigenvalue weighted by Gasteiger charge is 2.12. The van der Waals surface area contributed by atoms with Crippen LogP contribution in [-0.2, 0) is 9.53 Å². The Morgan fingerprint density at radius 1 is 1.53 bits per heavy atom. The van der Waals surface area contributed by atoms with Crippen molar-refractivity contribution in [3.8, 4) is 0 Å². The molecule has 3 N–H and O–H groups in total. The fourth-order valence-electron chi connectivity index (χ4n) is 1.19. The Labute approximate surface area is 104 Å². The molecule has 1 rings (SSSR count). The first-order valence-corrected chi connectivity index (χ1v) is 6.10. The van der Waals surface area contributed by atoms with Gasteiger partial charge in [-0.3, -0.25) is 4.79 Å². The Morgan fingerprint density at radius 2 is 2.24 bits per heavy atom. The average molecular weight is 256 g/mol. The van der Waals surface area contributed by atoms with Gasteiger partial charge in [0.25, 0.3) is 0 Å². The molecule has 6 heteroatoms. The number of nitrogens with two attached hydrogens (primary N) is 1. The summed E-state index contributed by atoms with van der Waals surface area (Å²) in [6.07, 6.45) is 0.876. The molecule has 0 aromatic carbocycles. The topological polar surface area (TPSA) is 81.4 Å². The molecule has 94 valence electrons. The molecule has 0 saturated heterocycles. The summed E-state index contributed by atoms with van der Waals surface area (Å²) in [5.41, 5.74) is 6.24. The molecule has 0 bridgehead atoms. The molecule has 0 atom stereocenters. The number of carbonyl (C=O) groups excluding carboxylic acids is 2. The van der Waals surface area contributed by atoms with Crippen LogP contribution >= 0.6 is 11.3 Å². The number of nitrogens with one attached hydrogen (secondary N) is 1. The predicted molar refractivity (Wildman–Crippen MR) is 67.1 cm³/mol. The molecule has 0 aliphatic rings. The Balaban J connectivity index is 2.33. The molecule has 1 amide bonds. The number of hydrogen-bond donors (Lipinski definition) is 2. The van der Waals surface area contributed by atoms with Crippen molar-refractivity contribution in [2.75, 3.05) is 19.4 Å². The van der Waals surface area contributed by atoms with Crippen molar-refractivity contribution in [3.05, 3.63) is 15.8 Å². The maximum atomic E-state index is 11.6. The molecule has 0 fully saturated rings. The van der Waals surface area contributed by atoms with Crippen LogP contribution in [0.1, 0.15) is 27.4 Å². The van der Waals surface area contributed by atoms with Crippen LogP contribution in [0.3, 0.4) is 0 Å². The SMILES string of the molecule is CNC(=O)CCCOC(=O)c1cc(N)c(C)s1. The van der Waals surface area contributed by atoms with Crippen LogP contribution in [-0.4, -0.2) is 25.5 Å². The van der Waals surface area contributed by atoms with Gasteiger partial charge in [0.15, 0.2) is 0 Å². The summed E-state index contributed by atoms with van der Waals surface area (Å²) in [5, 5.41) is 2.50. The highest BCUT2D eigenvalue weighted by molar-refractivity contribution is 7.14. The van der Waals surface area contributed by atoms with E-state index >= 15 is 0 Å². The fourth-order valence-corrected chi connectivity index (χ4v) is 2.03. The minimum atomic E-state index is -0.383. The van der Waals surface area contributed by atoms with Crippen LogP contribution in [0, 0.1) is 6.92 Å². The zero-order valence-corrected chi connectivity index (χ0v) is 10.7. The van der Waals surface area contributed by atoms with Crippen molar-refractivity contribution in [2.45, 2.75) is 19.8 Å². The Bertz CT molecular complexity index is 395. The van der Waals surface area contributed by atoms with Crippen LogP contribution in [0.2, 0.25) is 0 Å². The lowest BCUT2D eigenvalue weighted by molar-refractivity contribution is -0.120. The van der Waals surface area contributed by atoms with E-state index in [1.807, 2.05) is 6.92 Å². The molecule has 1 heterocycles. The summed E-state index contributed by atoms with van der Waals surface area (Å²) in [6.45, 7) is 2.09. The zero-order valence-electron chi connectivity index (χ0n) is 9.91. The molecule has 1 aromatic rings. The van der Waals surface area contributed by atoms with Gasteiger partial charge in [0.2, 0.25) is 5.91 Å². The van der Waals surface area contributed by atoms with Crippen molar-refractivity contribution in [1.82, 2.24) is 5.32 Å². The minimum Gasteiger partial charge on any atom is -0.461 e. The first-order valence-electron chi connectivity index (χ1n) is 5.28. The van der Waals surface area contributed by atoms with E-state index in [0.717, 1.165) is 4.88 Å². The molecule has 1 aromatic heterocycles. The van der Waals surface area contributed by atoms with Crippen LogP contribution < -0.4 is 11.1 Å². The van der Waals surface area contributed by atoms with Gasteiger partial charge in [-0.05, 0) is 19.4 Å². The summed E-state index contributed by atoms with van der Waals surface area (Å²) in [6, 6.07) is 1.61. The molecule has 0 radical (unpaired) electrons. The van der Waals surface area contributed by atoms with Crippen molar-refractivity contribution in [1.29, 1.82) is 0 Å². The summed E-state index contributed by atoms with van der Waals surface area (Å²) < 4.78 is 5.03. The number of thiophene rings is 1. The van der Waals surface area contributed by atoms with E-state index in [-0.39, 0.29) is 18.5 Å². The number of hydrogen-bond acceptors (Lipinski definition) is 5. The summed E-state index contributed by atoms with van der Waals surface area (Å²) >= 11 is 1.31. The molecular formula is C11H16N2O3S. The first kappa shape index (κ1) is 13.5. The Kier molecular flexibility index (Phi) is 4.96. The fraction of sp³-hybridized carbons (Fsp3) is 0.455. The normalized spacial score (nSPS) is 10.0. The quantitative estimate of drug-likeness (QED) is 0.615. The van der Waals surface area contributed by atoms with E-state index in [0.29, 0.717) is 23.4 Å². The third-order valence-corrected chi connectivity index (χ3v) is 3.26. The van der Waals surface area contributed by atoms with Crippen molar-refractivity contribution in [3.63, 3.8) is 0 Å². The molecule has 17 heavy (non-hydrogen) atoms. The molecular weight excluding hydrogens is 240 g/mol. The second kappa shape index (κ2) is 6.24. The third kappa shape index (κ3) is 4.07. The number of carbonyl (C=O) groups is 2. The van der Waals surface area contributed by atoms with E-state index in [1.165, 1.54) is 11.3 Å². The van der Waals surface area contributed by atoms with E-state index in [2.05, 4.69) is 5.32 Å². The predicted octanol–water partition coefficient (Wildman–Crippen LogP) is 1.32. The third-order valence-electron chi connectivity index (χ3n) is 2.22. The van der Waals surface area contributed by atoms with E-state index in [4.69, 9.17) is 10.5 Å². The van der Waals surface area contributed by atoms with Gasteiger partial charge in [-0.15, -0.1) is 11.3 Å². The number of ether oxygens (including phenoxy) is 1. The van der Waals surface area contributed by atoms with Crippen LogP contribution in [0.25, 0.3) is 0 Å². The van der Waals surface area contributed by atoms with Crippen LogP contribution in [0.4, 0.5) is 5.69 Å². The Hall–Kier alpha value is -1.56. The minimum absolute atomic E-state index is 0.0581. The average Bonchev–Trinajstić information content (AvgIpc) is 2.64. The number of amides is 1. The number of esters is 1. The molecule has 0 unspecified atom stereocenters. The lowest BCUT2D eigenvalue weighted by Crippen LogP contribution is -2.18. The number of nitrogen functional groups attached to an aromatic ring is 1. The van der Waals surface area contributed by atoms with Crippen molar-refractivity contribution >= 4 is 28.9 Å². The lowest BCUT2D eigenvalue weighted by atomic mass is 10.3. The van der Waals surface area contributed by atoms with Gasteiger partial charge in [-0.1, -0.05) is 0 Å². The lowest BCUT2D eigenvalue weighted by Gasteiger charge is -2.02. The summed E-state index contributed by atoms with van der Waals surface area (Å²) in [7, 11) is 1.57.